The Kier molecular flexibility index (Phi) is 5.98. The number of benzene rings is 2. The monoisotopic (exact) mass is 486 g/mol. The van der Waals surface area contributed by atoms with E-state index in [2.05, 4.69) is 32.3 Å². The van der Waals surface area contributed by atoms with Crippen LogP contribution < -0.4 is 4.90 Å². The molecule has 4 aromatic rings. The van der Waals surface area contributed by atoms with Crippen molar-refractivity contribution in [1.82, 2.24) is 15.3 Å². The number of aromatic carboxylic acids is 1. The number of aromatic nitrogens is 3. The normalized spacial score (nSPS) is 16.4. The molecule has 2 aromatic carbocycles. The number of carboxylic acid groups (broad SMARTS) is 1. The lowest BCUT2D eigenvalue weighted by molar-refractivity contribution is 0.0244. The standard InChI is InChI=1S/C27H26N4O5/c32-26(33)20-10-8-19(9-11-20)25-28-27(30-36-25)31-14-12-21(13-15-31)34-16-22-23(17-4-2-1-3-5-17)29-35-24(22)18-6-7-18/h1-5,8-11,18,21H,6-7,12-16H2,(H,32,33). The molecule has 0 bridgehead atoms. The molecule has 9 heteroatoms. The number of piperidine rings is 1. The Hall–Kier alpha value is -3.98. The molecule has 0 amide bonds. The van der Waals surface area contributed by atoms with Crippen LogP contribution in [-0.2, 0) is 11.3 Å². The lowest BCUT2D eigenvalue weighted by Gasteiger charge is -2.30. The third-order valence-electron chi connectivity index (χ3n) is 6.80. The van der Waals surface area contributed by atoms with Crippen LogP contribution in [0.15, 0.2) is 63.6 Å². The van der Waals surface area contributed by atoms with Gasteiger partial charge in [0.15, 0.2) is 0 Å². The van der Waals surface area contributed by atoms with Crippen molar-refractivity contribution in [3.8, 4) is 22.7 Å². The van der Waals surface area contributed by atoms with E-state index >= 15 is 0 Å². The first kappa shape index (κ1) is 22.5. The second-order valence-electron chi connectivity index (χ2n) is 9.29. The van der Waals surface area contributed by atoms with Crippen molar-refractivity contribution in [3.05, 3.63) is 71.5 Å². The predicted octanol–water partition coefficient (Wildman–Crippen LogP) is 5.15. The van der Waals surface area contributed by atoms with Gasteiger partial charge in [0.2, 0.25) is 0 Å². The van der Waals surface area contributed by atoms with E-state index in [1.807, 2.05) is 18.2 Å². The quantitative estimate of drug-likeness (QED) is 0.361. The Morgan fingerprint density at radius 1 is 0.944 bits per heavy atom. The van der Waals surface area contributed by atoms with Crippen LogP contribution in [0.3, 0.4) is 0 Å². The van der Waals surface area contributed by atoms with Crippen LogP contribution in [0.25, 0.3) is 22.7 Å². The van der Waals surface area contributed by atoms with Gasteiger partial charge in [0.25, 0.3) is 11.8 Å². The lowest BCUT2D eigenvalue weighted by atomic mass is 10.0. The molecule has 1 saturated heterocycles. The maximum atomic E-state index is 11.1. The zero-order valence-electron chi connectivity index (χ0n) is 19.7. The first-order valence-electron chi connectivity index (χ1n) is 12.2. The summed E-state index contributed by atoms with van der Waals surface area (Å²) in [4.78, 5) is 17.7. The molecular weight excluding hydrogens is 460 g/mol. The molecule has 2 fully saturated rings. The Morgan fingerprint density at radius 3 is 2.39 bits per heavy atom. The van der Waals surface area contributed by atoms with Crippen molar-refractivity contribution in [3.63, 3.8) is 0 Å². The van der Waals surface area contributed by atoms with Gasteiger partial charge in [-0.15, -0.1) is 0 Å². The lowest BCUT2D eigenvalue weighted by Crippen LogP contribution is -2.37. The molecule has 6 rings (SSSR count). The van der Waals surface area contributed by atoms with E-state index in [-0.39, 0.29) is 11.7 Å². The fourth-order valence-electron chi connectivity index (χ4n) is 4.59. The topological polar surface area (TPSA) is 115 Å². The van der Waals surface area contributed by atoms with Gasteiger partial charge in [-0.3, -0.25) is 0 Å². The summed E-state index contributed by atoms with van der Waals surface area (Å²) in [5.74, 6) is 1.37. The highest BCUT2D eigenvalue weighted by Gasteiger charge is 2.33. The van der Waals surface area contributed by atoms with E-state index in [0.29, 0.717) is 29.9 Å². The number of carbonyl (C=O) groups is 1. The molecule has 3 heterocycles. The number of rotatable bonds is 8. The molecule has 2 aliphatic rings. The van der Waals surface area contributed by atoms with Gasteiger partial charge in [0.05, 0.1) is 18.3 Å². The molecule has 1 aliphatic heterocycles. The summed E-state index contributed by atoms with van der Waals surface area (Å²) in [7, 11) is 0. The van der Waals surface area contributed by atoms with Crippen LogP contribution in [0.5, 0.6) is 0 Å². The highest BCUT2D eigenvalue weighted by molar-refractivity contribution is 5.88. The van der Waals surface area contributed by atoms with Crippen molar-refractivity contribution < 1.29 is 23.7 Å². The molecule has 0 radical (unpaired) electrons. The Bertz CT molecular complexity index is 1340. The van der Waals surface area contributed by atoms with E-state index in [1.54, 1.807) is 12.1 Å². The minimum absolute atomic E-state index is 0.127. The van der Waals surface area contributed by atoms with E-state index < -0.39 is 5.97 Å². The fourth-order valence-corrected chi connectivity index (χ4v) is 4.59. The van der Waals surface area contributed by atoms with E-state index in [9.17, 15) is 4.79 Å². The van der Waals surface area contributed by atoms with Gasteiger partial charge >= 0.3 is 5.97 Å². The zero-order valence-corrected chi connectivity index (χ0v) is 19.7. The minimum Gasteiger partial charge on any atom is -0.478 e. The summed E-state index contributed by atoms with van der Waals surface area (Å²) >= 11 is 0. The van der Waals surface area contributed by atoms with E-state index in [0.717, 1.165) is 61.4 Å². The Morgan fingerprint density at radius 2 is 1.69 bits per heavy atom. The maximum absolute atomic E-state index is 11.1. The smallest absolute Gasteiger partial charge is 0.335 e. The molecule has 1 N–H and O–H groups in total. The third-order valence-corrected chi connectivity index (χ3v) is 6.80. The average molecular weight is 487 g/mol. The van der Waals surface area contributed by atoms with Crippen molar-refractivity contribution in [2.75, 3.05) is 18.0 Å². The highest BCUT2D eigenvalue weighted by atomic mass is 16.5. The average Bonchev–Trinajstić information content (AvgIpc) is 3.48. The first-order valence-corrected chi connectivity index (χ1v) is 12.2. The summed E-state index contributed by atoms with van der Waals surface area (Å²) in [5, 5.41) is 17.6. The molecule has 2 aromatic heterocycles. The van der Waals surface area contributed by atoms with Gasteiger partial charge in [0, 0.05) is 35.7 Å². The summed E-state index contributed by atoms with van der Waals surface area (Å²) in [5.41, 5.74) is 3.90. The maximum Gasteiger partial charge on any atom is 0.335 e. The number of anilines is 1. The zero-order chi connectivity index (χ0) is 24.5. The van der Waals surface area contributed by atoms with Crippen molar-refractivity contribution >= 4 is 11.9 Å². The highest BCUT2D eigenvalue weighted by Crippen LogP contribution is 2.44. The van der Waals surface area contributed by atoms with Gasteiger partial charge < -0.3 is 23.8 Å². The minimum atomic E-state index is -0.970. The van der Waals surface area contributed by atoms with Crippen molar-refractivity contribution in [2.24, 2.45) is 0 Å². The van der Waals surface area contributed by atoms with Crippen molar-refractivity contribution in [1.29, 1.82) is 0 Å². The molecule has 1 aliphatic carbocycles. The number of nitrogens with zero attached hydrogens (tertiary/aromatic N) is 4. The molecule has 36 heavy (non-hydrogen) atoms. The van der Waals surface area contributed by atoms with E-state index in [1.165, 1.54) is 12.1 Å². The van der Waals surface area contributed by atoms with Crippen LogP contribution in [0.1, 0.15) is 53.3 Å². The van der Waals surface area contributed by atoms with Gasteiger partial charge in [-0.1, -0.05) is 35.5 Å². The third kappa shape index (κ3) is 4.61. The van der Waals surface area contributed by atoms with Gasteiger partial charge in [-0.05, 0) is 55.1 Å². The van der Waals surface area contributed by atoms with Crippen LogP contribution >= 0.6 is 0 Å². The van der Waals surface area contributed by atoms with Crippen molar-refractivity contribution in [2.45, 2.75) is 44.3 Å². The molecule has 1 saturated carbocycles. The predicted molar refractivity (Wildman–Crippen MR) is 131 cm³/mol. The molecule has 0 unspecified atom stereocenters. The van der Waals surface area contributed by atoms with Crippen LogP contribution in [-0.4, -0.2) is 45.6 Å². The second-order valence-corrected chi connectivity index (χ2v) is 9.29. The molecule has 184 valence electrons. The second kappa shape index (κ2) is 9.58. The van der Waals surface area contributed by atoms with Gasteiger partial charge in [-0.25, -0.2) is 4.79 Å². The Balaban J connectivity index is 1.07. The SMILES string of the molecule is O=C(O)c1ccc(-c2nc(N3CCC(OCc4c(-c5ccccc5)noc4C4CC4)CC3)no2)cc1. The van der Waals surface area contributed by atoms with Gasteiger partial charge in [0.1, 0.15) is 11.5 Å². The molecule has 0 spiro atoms. The molecular formula is C27H26N4O5. The number of carboxylic acids is 1. The van der Waals surface area contributed by atoms with Crippen LogP contribution in [0.4, 0.5) is 5.95 Å². The first-order chi connectivity index (χ1) is 17.7. The molecule has 9 nitrogen and oxygen atoms in total. The number of ether oxygens (including phenoxy) is 1. The van der Waals surface area contributed by atoms with E-state index in [4.69, 9.17) is 18.9 Å². The Labute approximate surface area is 207 Å². The number of hydrogen-bond acceptors (Lipinski definition) is 8. The summed E-state index contributed by atoms with van der Waals surface area (Å²) < 4.78 is 17.5. The summed E-state index contributed by atoms with van der Waals surface area (Å²) in [6.07, 6.45) is 4.11. The van der Waals surface area contributed by atoms with Gasteiger partial charge in [-0.2, -0.15) is 4.98 Å². The summed E-state index contributed by atoms with van der Waals surface area (Å²) in [6.45, 7) is 2.00. The number of hydrogen-bond donors (Lipinski definition) is 1. The van der Waals surface area contributed by atoms with Crippen LogP contribution in [0, 0.1) is 0 Å². The summed E-state index contributed by atoms with van der Waals surface area (Å²) in [6, 6.07) is 16.5. The fraction of sp³-hybridized carbons (Fsp3) is 0.333. The molecule has 0 atom stereocenters. The van der Waals surface area contributed by atoms with Crippen LogP contribution in [0.2, 0.25) is 0 Å². The largest absolute Gasteiger partial charge is 0.478 e.